The van der Waals surface area contributed by atoms with Crippen LogP contribution in [0.25, 0.3) is 0 Å². The fourth-order valence-corrected chi connectivity index (χ4v) is 1.86. The van der Waals surface area contributed by atoms with Crippen molar-refractivity contribution in [1.82, 2.24) is 0 Å². The first-order valence-electron chi connectivity index (χ1n) is 6.54. The van der Waals surface area contributed by atoms with Gasteiger partial charge in [0.15, 0.2) is 0 Å². The fourth-order valence-electron chi connectivity index (χ4n) is 1.86. The Bertz CT molecular complexity index is 458. The molecule has 0 radical (unpaired) electrons. The van der Waals surface area contributed by atoms with E-state index in [-0.39, 0.29) is 0 Å². The second-order valence-corrected chi connectivity index (χ2v) is 4.55. The van der Waals surface area contributed by atoms with Gasteiger partial charge in [-0.3, -0.25) is 0 Å². The molecule has 0 bridgehead atoms. The molecule has 0 aliphatic rings. The monoisotopic (exact) mass is 289 g/mol. The van der Waals surface area contributed by atoms with E-state index in [1.807, 2.05) is 0 Å². The molecule has 0 atom stereocenters. The van der Waals surface area contributed by atoms with Crippen LogP contribution in [0.2, 0.25) is 0 Å². The fraction of sp³-hybridized carbons (Fsp3) is 0.500. The van der Waals surface area contributed by atoms with Gasteiger partial charge >= 0.3 is 12.1 Å². The molecule has 0 saturated carbocycles. The first kappa shape index (κ1) is 16.3. The molecule has 1 aromatic rings. The average Bonchev–Trinajstić information content (AvgIpc) is 2.37. The van der Waals surface area contributed by atoms with Crippen LogP contribution >= 0.6 is 0 Å². The summed E-state index contributed by atoms with van der Waals surface area (Å²) < 4.78 is 38.4. The molecule has 0 amide bonds. The molecule has 2 N–H and O–H groups in total. The molecule has 0 fully saturated rings. The summed E-state index contributed by atoms with van der Waals surface area (Å²) in [5, 5.41) is 11.7. The van der Waals surface area contributed by atoms with Crippen molar-refractivity contribution < 1.29 is 23.1 Å². The first-order valence-corrected chi connectivity index (χ1v) is 6.54. The summed E-state index contributed by atoms with van der Waals surface area (Å²) in [5.74, 6) is -1.58. The summed E-state index contributed by atoms with van der Waals surface area (Å²) >= 11 is 0. The maximum absolute atomic E-state index is 12.8. The van der Waals surface area contributed by atoms with Crippen LogP contribution in [0.4, 0.5) is 18.9 Å². The standard InChI is InChI=1S/C14H18F3NO2/c1-2-3-4-5-8-18-10-6-7-11(13(19)20)12(9-10)14(15,16)17/h6-7,9,18H,2-5,8H2,1H3,(H,19,20). The molecule has 1 rings (SSSR count). The quantitative estimate of drug-likeness (QED) is 0.732. The minimum absolute atomic E-state index is 0.291. The van der Waals surface area contributed by atoms with Gasteiger partial charge in [-0.2, -0.15) is 13.2 Å². The number of halogens is 3. The van der Waals surface area contributed by atoms with Crippen molar-refractivity contribution in [1.29, 1.82) is 0 Å². The molecule has 3 nitrogen and oxygen atoms in total. The van der Waals surface area contributed by atoms with Gasteiger partial charge < -0.3 is 10.4 Å². The summed E-state index contributed by atoms with van der Waals surface area (Å²) in [7, 11) is 0. The van der Waals surface area contributed by atoms with Crippen molar-refractivity contribution in [2.24, 2.45) is 0 Å². The molecule has 0 saturated heterocycles. The number of alkyl halides is 3. The molecule has 0 unspecified atom stereocenters. The van der Waals surface area contributed by atoms with E-state index in [0.29, 0.717) is 12.2 Å². The Morgan fingerprint density at radius 1 is 1.25 bits per heavy atom. The second kappa shape index (κ2) is 7.17. The molecule has 6 heteroatoms. The minimum Gasteiger partial charge on any atom is -0.478 e. The lowest BCUT2D eigenvalue weighted by atomic mass is 10.1. The molecule has 0 aliphatic heterocycles. The number of hydrogen-bond donors (Lipinski definition) is 2. The van der Waals surface area contributed by atoms with Gasteiger partial charge in [0, 0.05) is 12.2 Å². The zero-order valence-corrected chi connectivity index (χ0v) is 11.3. The number of aromatic carboxylic acids is 1. The van der Waals surface area contributed by atoms with Crippen molar-refractivity contribution >= 4 is 11.7 Å². The van der Waals surface area contributed by atoms with E-state index in [4.69, 9.17) is 5.11 Å². The molecular weight excluding hydrogens is 271 g/mol. The Labute approximate surface area is 115 Å². The predicted molar refractivity (Wildman–Crippen MR) is 71.0 cm³/mol. The number of anilines is 1. The highest BCUT2D eigenvalue weighted by atomic mass is 19.4. The molecule has 1 aromatic carbocycles. The lowest BCUT2D eigenvalue weighted by Gasteiger charge is -2.13. The average molecular weight is 289 g/mol. The van der Waals surface area contributed by atoms with Crippen LogP contribution in [-0.2, 0) is 6.18 Å². The number of unbranched alkanes of at least 4 members (excludes halogenated alkanes) is 3. The van der Waals surface area contributed by atoms with Crippen molar-refractivity contribution in [2.75, 3.05) is 11.9 Å². The highest BCUT2D eigenvalue weighted by molar-refractivity contribution is 5.90. The van der Waals surface area contributed by atoms with Crippen LogP contribution in [0.5, 0.6) is 0 Å². The lowest BCUT2D eigenvalue weighted by Crippen LogP contribution is -2.14. The van der Waals surface area contributed by atoms with Gasteiger partial charge in [0.1, 0.15) is 0 Å². The number of nitrogens with one attached hydrogen (secondary N) is 1. The summed E-state index contributed by atoms with van der Waals surface area (Å²) in [6.07, 6.45) is -0.606. The van der Waals surface area contributed by atoms with Gasteiger partial charge in [0.25, 0.3) is 0 Å². The zero-order valence-electron chi connectivity index (χ0n) is 11.3. The largest absolute Gasteiger partial charge is 0.478 e. The van der Waals surface area contributed by atoms with E-state index in [2.05, 4.69) is 12.2 Å². The number of carbonyl (C=O) groups is 1. The lowest BCUT2D eigenvalue weighted by molar-refractivity contribution is -0.138. The molecule has 112 valence electrons. The minimum atomic E-state index is -4.67. The molecular formula is C14H18F3NO2. The third-order valence-corrected chi connectivity index (χ3v) is 2.91. The zero-order chi connectivity index (χ0) is 15.2. The number of hydrogen-bond acceptors (Lipinski definition) is 2. The van der Waals surface area contributed by atoms with E-state index in [0.717, 1.165) is 37.8 Å². The van der Waals surface area contributed by atoms with Crippen molar-refractivity contribution in [3.8, 4) is 0 Å². The van der Waals surface area contributed by atoms with Gasteiger partial charge in [0.05, 0.1) is 11.1 Å². The van der Waals surface area contributed by atoms with E-state index in [1.54, 1.807) is 0 Å². The smallest absolute Gasteiger partial charge is 0.417 e. The second-order valence-electron chi connectivity index (χ2n) is 4.55. The first-order chi connectivity index (χ1) is 9.36. The topological polar surface area (TPSA) is 49.3 Å². The maximum atomic E-state index is 12.8. The van der Waals surface area contributed by atoms with E-state index >= 15 is 0 Å². The number of rotatable bonds is 7. The van der Waals surface area contributed by atoms with Gasteiger partial charge in [-0.1, -0.05) is 26.2 Å². The van der Waals surface area contributed by atoms with E-state index < -0.39 is 23.3 Å². The number of carboxylic acids is 1. The number of carboxylic acid groups (broad SMARTS) is 1. The van der Waals surface area contributed by atoms with Crippen molar-refractivity contribution in [2.45, 2.75) is 38.8 Å². The predicted octanol–water partition coefficient (Wildman–Crippen LogP) is 4.40. The molecule has 20 heavy (non-hydrogen) atoms. The Balaban J connectivity index is 2.77. The molecule has 0 heterocycles. The van der Waals surface area contributed by atoms with Crippen molar-refractivity contribution in [3.63, 3.8) is 0 Å². The highest BCUT2D eigenvalue weighted by Crippen LogP contribution is 2.33. The van der Waals surface area contributed by atoms with Crippen LogP contribution in [-0.4, -0.2) is 17.6 Å². The van der Waals surface area contributed by atoms with Gasteiger partial charge in [-0.15, -0.1) is 0 Å². The Morgan fingerprint density at radius 3 is 2.50 bits per heavy atom. The van der Waals surface area contributed by atoms with Crippen LogP contribution in [0, 0.1) is 0 Å². The summed E-state index contributed by atoms with van der Waals surface area (Å²) in [6.45, 7) is 2.65. The summed E-state index contributed by atoms with van der Waals surface area (Å²) in [5.41, 5.74) is -1.56. The maximum Gasteiger partial charge on any atom is 0.417 e. The summed E-state index contributed by atoms with van der Waals surface area (Å²) in [4.78, 5) is 10.8. The van der Waals surface area contributed by atoms with Crippen LogP contribution in [0.1, 0.15) is 48.5 Å². The highest BCUT2D eigenvalue weighted by Gasteiger charge is 2.35. The Kier molecular flexibility index (Phi) is 5.85. The molecule has 0 spiro atoms. The summed E-state index contributed by atoms with van der Waals surface area (Å²) in [6, 6.07) is 3.20. The van der Waals surface area contributed by atoms with Gasteiger partial charge in [-0.25, -0.2) is 4.79 Å². The van der Waals surface area contributed by atoms with E-state index in [9.17, 15) is 18.0 Å². The molecule has 0 aromatic heterocycles. The Morgan fingerprint density at radius 2 is 1.95 bits per heavy atom. The van der Waals surface area contributed by atoms with E-state index in [1.165, 1.54) is 6.07 Å². The van der Waals surface area contributed by atoms with Crippen LogP contribution in [0.3, 0.4) is 0 Å². The van der Waals surface area contributed by atoms with Crippen LogP contribution < -0.4 is 5.32 Å². The number of benzene rings is 1. The third-order valence-electron chi connectivity index (χ3n) is 2.91. The Hall–Kier alpha value is -1.72. The van der Waals surface area contributed by atoms with Gasteiger partial charge in [0.2, 0.25) is 0 Å². The van der Waals surface area contributed by atoms with Crippen molar-refractivity contribution in [3.05, 3.63) is 29.3 Å². The normalized spacial score (nSPS) is 11.4. The van der Waals surface area contributed by atoms with Crippen LogP contribution in [0.15, 0.2) is 18.2 Å². The third kappa shape index (κ3) is 4.75. The van der Waals surface area contributed by atoms with Gasteiger partial charge in [-0.05, 0) is 24.6 Å². The molecule has 0 aliphatic carbocycles. The SMILES string of the molecule is CCCCCCNc1ccc(C(=O)O)c(C(F)(F)F)c1.